The molecule has 0 radical (unpaired) electrons. The molecule has 1 aliphatic rings. The Morgan fingerprint density at radius 2 is 2.38 bits per heavy atom. The number of ether oxygens (including phenoxy) is 1. The summed E-state index contributed by atoms with van der Waals surface area (Å²) in [5, 5.41) is 0. The van der Waals surface area contributed by atoms with Crippen molar-refractivity contribution in [2.45, 2.75) is 45.1 Å². The van der Waals surface area contributed by atoms with Crippen molar-refractivity contribution < 1.29 is 9.53 Å². The Morgan fingerprint density at radius 3 is 2.77 bits per heavy atom. The molecule has 0 spiro atoms. The lowest BCUT2D eigenvalue weighted by Gasteiger charge is -2.35. The molecular formula is C10H19NO2. The number of carbonyl (C=O) groups is 1. The van der Waals surface area contributed by atoms with Crippen molar-refractivity contribution >= 4 is 5.91 Å². The summed E-state index contributed by atoms with van der Waals surface area (Å²) in [5.41, 5.74) is 4.55. The number of hydrogen-bond acceptors (Lipinski definition) is 2. The van der Waals surface area contributed by atoms with E-state index in [1.807, 2.05) is 0 Å². The molecule has 1 rings (SSSR count). The molecule has 1 fully saturated rings. The van der Waals surface area contributed by atoms with E-state index in [1.54, 1.807) is 6.92 Å². The van der Waals surface area contributed by atoms with Crippen LogP contribution in [0.3, 0.4) is 0 Å². The molecule has 2 atom stereocenters. The molecule has 0 aromatic heterocycles. The number of primary amides is 1. The van der Waals surface area contributed by atoms with Crippen LogP contribution in [-0.2, 0) is 9.53 Å². The zero-order valence-corrected chi connectivity index (χ0v) is 8.51. The van der Waals surface area contributed by atoms with Gasteiger partial charge < -0.3 is 10.5 Å². The van der Waals surface area contributed by atoms with Gasteiger partial charge in [0.05, 0.1) is 6.61 Å². The van der Waals surface area contributed by atoms with E-state index in [-0.39, 0.29) is 5.91 Å². The van der Waals surface area contributed by atoms with Crippen LogP contribution in [0.25, 0.3) is 0 Å². The quantitative estimate of drug-likeness (QED) is 0.723. The van der Waals surface area contributed by atoms with Crippen molar-refractivity contribution in [1.82, 2.24) is 0 Å². The average molecular weight is 185 g/mol. The molecule has 0 bridgehead atoms. The van der Waals surface area contributed by atoms with Crippen molar-refractivity contribution in [2.75, 3.05) is 6.61 Å². The predicted molar refractivity (Wildman–Crippen MR) is 51.2 cm³/mol. The second-order valence-electron chi connectivity index (χ2n) is 4.10. The third-order valence-corrected chi connectivity index (χ3v) is 2.89. The van der Waals surface area contributed by atoms with Crippen LogP contribution in [0.4, 0.5) is 0 Å². The van der Waals surface area contributed by atoms with Crippen molar-refractivity contribution in [3.8, 4) is 0 Å². The van der Waals surface area contributed by atoms with E-state index >= 15 is 0 Å². The lowest BCUT2D eigenvalue weighted by atomic mass is 9.87. The molecule has 0 aliphatic carbocycles. The topological polar surface area (TPSA) is 52.3 Å². The molecule has 0 aromatic carbocycles. The third kappa shape index (κ3) is 2.44. The van der Waals surface area contributed by atoms with E-state index in [9.17, 15) is 4.79 Å². The minimum absolute atomic E-state index is 0.331. The summed E-state index contributed by atoms with van der Waals surface area (Å²) in [6.07, 6.45) is 4.20. The van der Waals surface area contributed by atoms with Crippen LogP contribution in [0.15, 0.2) is 0 Å². The first-order chi connectivity index (χ1) is 6.08. The second-order valence-corrected chi connectivity index (χ2v) is 4.10. The highest BCUT2D eigenvalue weighted by Crippen LogP contribution is 2.29. The molecule has 76 valence electrons. The third-order valence-electron chi connectivity index (χ3n) is 2.89. The van der Waals surface area contributed by atoms with Crippen LogP contribution in [0, 0.1) is 5.92 Å². The molecule has 0 aromatic rings. The Labute approximate surface area is 79.6 Å². The summed E-state index contributed by atoms with van der Waals surface area (Å²) in [4.78, 5) is 11.0. The fraction of sp³-hybridized carbons (Fsp3) is 0.900. The highest BCUT2D eigenvalue weighted by atomic mass is 16.5. The SMILES string of the molecule is CCCC1CCC(C)(C(N)=O)OC1. The number of rotatable bonds is 3. The smallest absolute Gasteiger partial charge is 0.249 e. The molecule has 3 heteroatoms. The van der Waals surface area contributed by atoms with Gasteiger partial charge in [0.2, 0.25) is 5.91 Å². The van der Waals surface area contributed by atoms with E-state index in [0.717, 1.165) is 12.8 Å². The molecule has 13 heavy (non-hydrogen) atoms. The Morgan fingerprint density at radius 1 is 1.69 bits per heavy atom. The molecule has 1 amide bonds. The molecule has 1 saturated heterocycles. The summed E-state index contributed by atoms with van der Waals surface area (Å²) in [5.74, 6) is 0.292. The van der Waals surface area contributed by atoms with E-state index < -0.39 is 5.60 Å². The van der Waals surface area contributed by atoms with Crippen LogP contribution >= 0.6 is 0 Å². The van der Waals surface area contributed by atoms with Gasteiger partial charge in [0.25, 0.3) is 0 Å². The fourth-order valence-corrected chi connectivity index (χ4v) is 1.77. The maximum Gasteiger partial charge on any atom is 0.249 e. The first-order valence-corrected chi connectivity index (χ1v) is 5.02. The Kier molecular flexibility index (Phi) is 3.31. The van der Waals surface area contributed by atoms with Gasteiger partial charge in [-0.1, -0.05) is 13.3 Å². The van der Waals surface area contributed by atoms with Crippen LogP contribution in [0.2, 0.25) is 0 Å². The highest BCUT2D eigenvalue weighted by molar-refractivity contribution is 5.83. The molecular weight excluding hydrogens is 166 g/mol. The van der Waals surface area contributed by atoms with Crippen LogP contribution in [0.5, 0.6) is 0 Å². The van der Waals surface area contributed by atoms with Crippen molar-refractivity contribution in [2.24, 2.45) is 11.7 Å². The number of carbonyl (C=O) groups excluding carboxylic acids is 1. The van der Waals surface area contributed by atoms with E-state index in [1.165, 1.54) is 12.8 Å². The monoisotopic (exact) mass is 185 g/mol. The first kappa shape index (κ1) is 10.5. The lowest BCUT2D eigenvalue weighted by molar-refractivity contribution is -0.151. The first-order valence-electron chi connectivity index (χ1n) is 5.02. The predicted octanol–water partition coefficient (Wildman–Crippen LogP) is 1.46. The summed E-state index contributed by atoms with van der Waals surface area (Å²) < 4.78 is 5.52. The standard InChI is InChI=1S/C10H19NO2/c1-3-4-8-5-6-10(2,9(11)12)13-7-8/h8H,3-7H2,1-2H3,(H2,11,12). The van der Waals surface area contributed by atoms with E-state index in [4.69, 9.17) is 10.5 Å². The van der Waals surface area contributed by atoms with Crippen molar-refractivity contribution in [1.29, 1.82) is 0 Å². The molecule has 2 N–H and O–H groups in total. The number of hydrogen-bond donors (Lipinski definition) is 1. The van der Waals surface area contributed by atoms with Crippen LogP contribution < -0.4 is 5.73 Å². The van der Waals surface area contributed by atoms with E-state index in [0.29, 0.717) is 12.5 Å². The normalized spacial score (nSPS) is 34.5. The van der Waals surface area contributed by atoms with Gasteiger partial charge in [-0.15, -0.1) is 0 Å². The number of nitrogens with two attached hydrogens (primary N) is 1. The molecule has 3 nitrogen and oxygen atoms in total. The molecule has 0 saturated carbocycles. The number of amides is 1. The van der Waals surface area contributed by atoms with Gasteiger partial charge >= 0.3 is 0 Å². The maximum absolute atomic E-state index is 11.0. The van der Waals surface area contributed by atoms with Gasteiger partial charge in [0, 0.05) is 0 Å². The second kappa shape index (κ2) is 4.09. The minimum Gasteiger partial charge on any atom is -0.367 e. The fourth-order valence-electron chi connectivity index (χ4n) is 1.77. The van der Waals surface area contributed by atoms with Gasteiger partial charge in [0.1, 0.15) is 5.60 Å². The van der Waals surface area contributed by atoms with Gasteiger partial charge in [-0.3, -0.25) is 4.79 Å². The maximum atomic E-state index is 11.0. The zero-order valence-electron chi connectivity index (χ0n) is 8.51. The van der Waals surface area contributed by atoms with Crippen LogP contribution in [-0.4, -0.2) is 18.1 Å². The summed E-state index contributed by atoms with van der Waals surface area (Å²) >= 11 is 0. The molecule has 1 heterocycles. The van der Waals surface area contributed by atoms with Crippen molar-refractivity contribution in [3.05, 3.63) is 0 Å². The molecule has 1 aliphatic heterocycles. The van der Waals surface area contributed by atoms with Gasteiger partial charge in [-0.25, -0.2) is 0 Å². The zero-order chi connectivity index (χ0) is 9.90. The Bertz CT molecular complexity index is 183. The van der Waals surface area contributed by atoms with Gasteiger partial charge in [-0.05, 0) is 32.1 Å². The summed E-state index contributed by atoms with van der Waals surface area (Å²) in [7, 11) is 0. The van der Waals surface area contributed by atoms with Gasteiger partial charge in [-0.2, -0.15) is 0 Å². The Hall–Kier alpha value is -0.570. The Balaban J connectivity index is 2.42. The van der Waals surface area contributed by atoms with Crippen molar-refractivity contribution in [3.63, 3.8) is 0 Å². The molecule has 2 unspecified atom stereocenters. The lowest BCUT2D eigenvalue weighted by Crippen LogP contribution is -2.47. The minimum atomic E-state index is -0.704. The largest absolute Gasteiger partial charge is 0.367 e. The highest BCUT2D eigenvalue weighted by Gasteiger charge is 2.36. The summed E-state index contributed by atoms with van der Waals surface area (Å²) in [6, 6.07) is 0. The summed E-state index contributed by atoms with van der Waals surface area (Å²) in [6.45, 7) is 4.65. The van der Waals surface area contributed by atoms with Gasteiger partial charge in [0.15, 0.2) is 0 Å². The average Bonchev–Trinajstić information content (AvgIpc) is 2.09. The van der Waals surface area contributed by atoms with Crippen LogP contribution in [0.1, 0.15) is 39.5 Å². The van der Waals surface area contributed by atoms with E-state index in [2.05, 4.69) is 6.92 Å².